The number of benzene rings is 1. The largest absolute Gasteiger partial charge is 0.455 e. The molecule has 2 rings (SSSR count). The lowest BCUT2D eigenvalue weighted by atomic mass is 10.3. The number of rotatable bonds is 6. The van der Waals surface area contributed by atoms with Crippen LogP contribution in [-0.2, 0) is 19.1 Å². The predicted molar refractivity (Wildman–Crippen MR) is 93.6 cm³/mol. The van der Waals surface area contributed by atoms with Crippen LogP contribution >= 0.6 is 11.8 Å². The van der Waals surface area contributed by atoms with E-state index in [1.54, 1.807) is 21.9 Å². The second kappa shape index (κ2) is 9.18. The Hall–Kier alpha value is -2.62. The molecule has 1 heterocycles. The molecule has 0 bridgehead atoms. The number of hydrogen-bond donors (Lipinski definition) is 0. The Labute approximate surface area is 154 Å². The van der Waals surface area contributed by atoms with Gasteiger partial charge in [0, 0.05) is 50.1 Å². The smallest absolute Gasteiger partial charge is 0.316 e. The van der Waals surface area contributed by atoms with Crippen molar-refractivity contribution >= 4 is 35.2 Å². The number of ether oxygens (including phenoxy) is 1. The lowest BCUT2D eigenvalue weighted by Crippen LogP contribution is -2.51. The fourth-order valence-corrected chi connectivity index (χ4v) is 3.05. The Morgan fingerprint density at radius 3 is 2.23 bits per heavy atom. The van der Waals surface area contributed by atoms with E-state index in [9.17, 15) is 24.5 Å². The van der Waals surface area contributed by atoms with Crippen LogP contribution < -0.4 is 0 Å². The van der Waals surface area contributed by atoms with Crippen LogP contribution in [0.5, 0.6) is 0 Å². The van der Waals surface area contributed by atoms with E-state index in [1.807, 2.05) is 0 Å². The fourth-order valence-electron chi connectivity index (χ4n) is 2.35. The minimum absolute atomic E-state index is 0.00318. The van der Waals surface area contributed by atoms with Gasteiger partial charge in [0.2, 0.25) is 5.91 Å². The Kier molecular flexibility index (Phi) is 6.96. The van der Waals surface area contributed by atoms with E-state index in [0.29, 0.717) is 31.1 Å². The van der Waals surface area contributed by atoms with Gasteiger partial charge in [0.25, 0.3) is 11.6 Å². The number of amides is 2. The normalized spacial score (nSPS) is 14.0. The molecule has 0 aliphatic carbocycles. The zero-order valence-corrected chi connectivity index (χ0v) is 15.1. The van der Waals surface area contributed by atoms with Crippen LogP contribution in [0.1, 0.15) is 6.92 Å². The lowest BCUT2D eigenvalue weighted by Gasteiger charge is -2.34. The van der Waals surface area contributed by atoms with Gasteiger partial charge in [-0.2, -0.15) is 0 Å². The average Bonchev–Trinajstić information content (AvgIpc) is 2.64. The van der Waals surface area contributed by atoms with Crippen molar-refractivity contribution in [2.24, 2.45) is 0 Å². The summed E-state index contributed by atoms with van der Waals surface area (Å²) in [7, 11) is 0. The maximum atomic E-state index is 12.0. The zero-order chi connectivity index (χ0) is 19.1. The maximum absolute atomic E-state index is 12.0. The molecule has 0 radical (unpaired) electrons. The minimum Gasteiger partial charge on any atom is -0.455 e. The molecule has 0 spiro atoms. The number of nitrogens with zero attached hydrogens (tertiary/aromatic N) is 3. The minimum atomic E-state index is -0.538. The summed E-state index contributed by atoms with van der Waals surface area (Å²) in [5, 5.41) is 10.6. The summed E-state index contributed by atoms with van der Waals surface area (Å²) in [6.07, 6.45) is 0. The molecular weight excluding hydrogens is 362 g/mol. The number of nitro benzene ring substituents is 1. The number of esters is 1. The third-order valence-corrected chi connectivity index (χ3v) is 4.82. The second-order valence-corrected chi connectivity index (χ2v) is 6.64. The van der Waals surface area contributed by atoms with Gasteiger partial charge in [-0.3, -0.25) is 24.5 Å². The number of thioether (sulfide) groups is 1. The molecule has 2 amide bonds. The van der Waals surface area contributed by atoms with E-state index in [4.69, 9.17) is 4.74 Å². The summed E-state index contributed by atoms with van der Waals surface area (Å²) < 4.78 is 4.98. The Morgan fingerprint density at radius 1 is 1.12 bits per heavy atom. The predicted octanol–water partition coefficient (Wildman–Crippen LogP) is 0.921. The highest BCUT2D eigenvalue weighted by Crippen LogP contribution is 2.21. The zero-order valence-electron chi connectivity index (χ0n) is 14.3. The van der Waals surface area contributed by atoms with Crippen LogP contribution in [0.4, 0.5) is 5.69 Å². The van der Waals surface area contributed by atoms with Crippen LogP contribution in [0.2, 0.25) is 0 Å². The van der Waals surface area contributed by atoms with Gasteiger partial charge in [-0.25, -0.2) is 0 Å². The highest BCUT2D eigenvalue weighted by atomic mass is 32.2. The molecule has 1 aromatic carbocycles. The summed E-state index contributed by atoms with van der Waals surface area (Å²) >= 11 is 1.17. The van der Waals surface area contributed by atoms with Gasteiger partial charge < -0.3 is 14.5 Å². The second-order valence-electron chi connectivity index (χ2n) is 5.59. The van der Waals surface area contributed by atoms with Crippen LogP contribution in [0, 0.1) is 10.1 Å². The van der Waals surface area contributed by atoms with Crippen molar-refractivity contribution in [1.82, 2.24) is 9.80 Å². The molecule has 1 aliphatic rings. The first kappa shape index (κ1) is 19.7. The van der Waals surface area contributed by atoms with Gasteiger partial charge in [0.15, 0.2) is 6.61 Å². The van der Waals surface area contributed by atoms with Gasteiger partial charge in [-0.15, -0.1) is 11.8 Å². The molecule has 1 aromatic rings. The summed E-state index contributed by atoms with van der Waals surface area (Å²) in [5.41, 5.74) is -0.0209. The molecule has 0 saturated carbocycles. The van der Waals surface area contributed by atoms with Gasteiger partial charge in [0.1, 0.15) is 0 Å². The Morgan fingerprint density at radius 2 is 1.69 bits per heavy atom. The van der Waals surface area contributed by atoms with E-state index in [2.05, 4.69) is 0 Å². The first-order valence-electron chi connectivity index (χ1n) is 7.93. The molecule has 0 atom stereocenters. The first-order valence-corrected chi connectivity index (χ1v) is 8.91. The van der Waals surface area contributed by atoms with Gasteiger partial charge in [0.05, 0.1) is 10.7 Å². The van der Waals surface area contributed by atoms with E-state index in [-0.39, 0.29) is 29.9 Å². The van der Waals surface area contributed by atoms with Crippen molar-refractivity contribution in [3.63, 3.8) is 0 Å². The highest BCUT2D eigenvalue weighted by Gasteiger charge is 2.23. The molecule has 26 heavy (non-hydrogen) atoms. The number of hydrogen-bond acceptors (Lipinski definition) is 7. The van der Waals surface area contributed by atoms with Crippen LogP contribution in [0.25, 0.3) is 0 Å². The third-order valence-electron chi connectivity index (χ3n) is 3.84. The molecule has 0 unspecified atom stereocenters. The molecule has 1 saturated heterocycles. The molecule has 0 N–H and O–H groups in total. The average molecular weight is 381 g/mol. The van der Waals surface area contributed by atoms with E-state index in [1.165, 1.54) is 30.8 Å². The molecule has 140 valence electrons. The molecule has 1 fully saturated rings. The Balaban J connectivity index is 1.69. The SMILES string of the molecule is CC(=O)N1CCN(C(=O)COC(=O)CSc2ccc([N+](=O)[O-])cc2)CC1. The van der Waals surface area contributed by atoms with Crippen LogP contribution in [0.3, 0.4) is 0 Å². The fraction of sp³-hybridized carbons (Fsp3) is 0.438. The van der Waals surface area contributed by atoms with E-state index in [0.717, 1.165) is 0 Å². The molecule has 10 heteroatoms. The number of carbonyl (C=O) groups excluding carboxylic acids is 3. The summed E-state index contributed by atoms with van der Waals surface area (Å²) in [4.78, 5) is 49.0. The van der Waals surface area contributed by atoms with Crippen molar-refractivity contribution in [2.75, 3.05) is 38.5 Å². The summed E-state index contributed by atoms with van der Waals surface area (Å²) in [5.74, 6) is -0.846. The standard InChI is InChI=1S/C16H19N3O6S/c1-12(20)17-6-8-18(9-7-17)15(21)10-25-16(22)11-26-14-4-2-13(3-5-14)19(23)24/h2-5H,6-11H2,1H3. The number of carbonyl (C=O) groups is 3. The van der Waals surface area contributed by atoms with Crippen molar-refractivity contribution in [3.8, 4) is 0 Å². The lowest BCUT2D eigenvalue weighted by molar-refractivity contribution is -0.384. The molecule has 0 aromatic heterocycles. The quantitative estimate of drug-likeness (QED) is 0.312. The maximum Gasteiger partial charge on any atom is 0.316 e. The summed E-state index contributed by atoms with van der Waals surface area (Å²) in [6.45, 7) is 2.96. The van der Waals surface area contributed by atoms with Crippen molar-refractivity contribution in [1.29, 1.82) is 0 Å². The van der Waals surface area contributed by atoms with Gasteiger partial charge in [-0.05, 0) is 12.1 Å². The van der Waals surface area contributed by atoms with Gasteiger partial charge >= 0.3 is 5.97 Å². The monoisotopic (exact) mass is 381 g/mol. The first-order chi connectivity index (χ1) is 12.4. The number of non-ortho nitro benzene ring substituents is 1. The van der Waals surface area contributed by atoms with E-state index < -0.39 is 10.9 Å². The number of nitro groups is 1. The molecule has 9 nitrogen and oxygen atoms in total. The van der Waals surface area contributed by atoms with Gasteiger partial charge in [-0.1, -0.05) is 0 Å². The van der Waals surface area contributed by atoms with E-state index >= 15 is 0 Å². The van der Waals surface area contributed by atoms with Crippen molar-refractivity contribution < 1.29 is 24.0 Å². The Bertz CT molecular complexity index is 686. The van der Waals surface area contributed by atoms with Crippen molar-refractivity contribution in [2.45, 2.75) is 11.8 Å². The highest BCUT2D eigenvalue weighted by molar-refractivity contribution is 8.00. The third kappa shape index (κ3) is 5.73. The molecular formula is C16H19N3O6S. The molecule has 1 aliphatic heterocycles. The summed E-state index contributed by atoms with van der Waals surface area (Å²) in [6, 6.07) is 5.82. The number of piperazine rings is 1. The van der Waals surface area contributed by atoms with Crippen LogP contribution in [-0.4, -0.2) is 71.0 Å². The topological polar surface area (TPSA) is 110 Å². The van der Waals surface area contributed by atoms with Crippen molar-refractivity contribution in [3.05, 3.63) is 34.4 Å². The van der Waals surface area contributed by atoms with Crippen LogP contribution in [0.15, 0.2) is 29.2 Å².